The number of aromatic nitrogens is 4. The Bertz CT molecular complexity index is 1030. The maximum Gasteiger partial charge on any atom is 0.573 e. The number of hydrogen-bond donors (Lipinski definition) is 1. The number of alkyl halides is 3. The zero-order valence-electron chi connectivity index (χ0n) is 15.0. The van der Waals surface area contributed by atoms with Crippen LogP contribution in [0.4, 0.5) is 18.9 Å². The molecule has 0 radical (unpaired) electrons. The lowest BCUT2D eigenvalue weighted by molar-refractivity contribution is -0.274. The van der Waals surface area contributed by atoms with E-state index in [1.807, 2.05) is 11.1 Å². The number of benzene rings is 1. The van der Waals surface area contributed by atoms with Crippen LogP contribution in [0, 0.1) is 0 Å². The van der Waals surface area contributed by atoms with E-state index in [-0.39, 0.29) is 12.4 Å². The van der Waals surface area contributed by atoms with E-state index in [2.05, 4.69) is 19.8 Å². The Hall–Kier alpha value is -3.40. The third kappa shape index (κ3) is 4.21. The van der Waals surface area contributed by atoms with Crippen molar-refractivity contribution >= 4 is 11.3 Å². The molecule has 0 aliphatic carbocycles. The molecule has 150 valence electrons. The van der Waals surface area contributed by atoms with Crippen molar-refractivity contribution in [2.45, 2.75) is 19.5 Å². The Kier molecular flexibility index (Phi) is 4.93. The molecular formula is C19H16F3N5O2. The summed E-state index contributed by atoms with van der Waals surface area (Å²) in [4.78, 5) is 10.7. The van der Waals surface area contributed by atoms with Crippen molar-refractivity contribution in [1.82, 2.24) is 19.7 Å². The van der Waals surface area contributed by atoms with Gasteiger partial charge in [0.05, 0.1) is 37.3 Å². The minimum atomic E-state index is -4.73. The van der Waals surface area contributed by atoms with Crippen molar-refractivity contribution in [1.29, 1.82) is 0 Å². The maximum atomic E-state index is 12.4. The Morgan fingerprint density at radius 3 is 2.59 bits per heavy atom. The molecule has 0 unspecified atom stereocenters. The van der Waals surface area contributed by atoms with Gasteiger partial charge in [-0.25, -0.2) is 0 Å². The molecule has 1 aromatic carbocycles. The van der Waals surface area contributed by atoms with Gasteiger partial charge in [-0.2, -0.15) is 5.10 Å². The molecule has 1 aliphatic rings. The number of aliphatic hydroxyl groups excluding tert-OH is 1. The number of ether oxygens (including phenoxy) is 1. The van der Waals surface area contributed by atoms with Gasteiger partial charge in [0.25, 0.3) is 0 Å². The Balaban J connectivity index is 1.67. The highest BCUT2D eigenvalue weighted by molar-refractivity contribution is 5.82. The number of nitrogens with zero attached hydrogens (tertiary/aromatic N) is 5. The van der Waals surface area contributed by atoms with Gasteiger partial charge in [-0.3, -0.25) is 14.6 Å². The monoisotopic (exact) mass is 403 g/mol. The fraction of sp³-hybridized carbons (Fsp3) is 0.211. The molecule has 2 aromatic heterocycles. The molecule has 1 aliphatic heterocycles. The van der Waals surface area contributed by atoms with Crippen LogP contribution in [0.3, 0.4) is 0 Å². The maximum absolute atomic E-state index is 12.4. The average Bonchev–Trinajstić information content (AvgIpc) is 3.15. The van der Waals surface area contributed by atoms with E-state index in [0.717, 1.165) is 16.8 Å². The van der Waals surface area contributed by atoms with Crippen molar-refractivity contribution < 1.29 is 23.0 Å². The van der Waals surface area contributed by atoms with Crippen LogP contribution in [0.2, 0.25) is 0 Å². The van der Waals surface area contributed by atoms with Crippen LogP contribution in [0.1, 0.15) is 17.0 Å². The number of aliphatic hydroxyl groups is 1. The summed E-state index contributed by atoms with van der Waals surface area (Å²) in [5, 5.41) is 13.3. The van der Waals surface area contributed by atoms with Gasteiger partial charge in [-0.1, -0.05) is 0 Å². The van der Waals surface area contributed by atoms with Crippen LogP contribution in [0.15, 0.2) is 55.3 Å². The van der Waals surface area contributed by atoms with Gasteiger partial charge in [-0.05, 0) is 24.3 Å². The lowest BCUT2D eigenvalue weighted by Gasteiger charge is -2.27. The topological polar surface area (TPSA) is 76.3 Å². The largest absolute Gasteiger partial charge is 0.573 e. The van der Waals surface area contributed by atoms with Gasteiger partial charge < -0.3 is 14.7 Å². The van der Waals surface area contributed by atoms with Gasteiger partial charge in [0, 0.05) is 41.6 Å². The van der Waals surface area contributed by atoms with Crippen LogP contribution in [-0.2, 0) is 13.1 Å². The summed E-state index contributed by atoms with van der Waals surface area (Å²) in [6, 6.07) is 5.63. The van der Waals surface area contributed by atoms with E-state index in [9.17, 15) is 13.2 Å². The quantitative estimate of drug-likeness (QED) is 0.706. The van der Waals surface area contributed by atoms with E-state index in [4.69, 9.17) is 5.11 Å². The first-order valence-corrected chi connectivity index (χ1v) is 8.71. The van der Waals surface area contributed by atoms with E-state index in [0.29, 0.717) is 24.5 Å². The van der Waals surface area contributed by atoms with Crippen molar-refractivity contribution in [3.05, 3.63) is 72.2 Å². The highest BCUT2D eigenvalue weighted by atomic mass is 19.4. The minimum absolute atomic E-state index is 0.0327. The fourth-order valence-electron chi connectivity index (χ4n) is 3.08. The SMILES string of the molecule is OCCn1cc(C2=CN(c3ccc(OC(F)(F)F)cc3)Cc3nccnc32)cn1. The predicted octanol–water partition coefficient (Wildman–Crippen LogP) is 2.97. The molecule has 0 atom stereocenters. The molecule has 0 bridgehead atoms. The normalized spacial score (nSPS) is 13.8. The van der Waals surface area contributed by atoms with Crippen molar-refractivity contribution in [3.63, 3.8) is 0 Å². The van der Waals surface area contributed by atoms with Crippen LogP contribution in [-0.4, -0.2) is 37.8 Å². The summed E-state index contributed by atoms with van der Waals surface area (Å²) in [6.07, 6.45) is 3.78. The minimum Gasteiger partial charge on any atom is -0.406 e. The fourth-order valence-corrected chi connectivity index (χ4v) is 3.08. The summed E-state index contributed by atoms with van der Waals surface area (Å²) < 4.78 is 42.7. The van der Waals surface area contributed by atoms with Gasteiger partial charge in [0.15, 0.2) is 0 Å². The summed E-state index contributed by atoms with van der Waals surface area (Å²) in [5.41, 5.74) is 3.69. The predicted molar refractivity (Wildman–Crippen MR) is 97.7 cm³/mol. The van der Waals surface area contributed by atoms with Crippen LogP contribution < -0.4 is 9.64 Å². The molecule has 0 fully saturated rings. The Morgan fingerprint density at radius 1 is 1.10 bits per heavy atom. The first-order valence-electron chi connectivity index (χ1n) is 8.71. The number of anilines is 1. The second-order valence-electron chi connectivity index (χ2n) is 6.28. The van der Waals surface area contributed by atoms with Gasteiger partial charge in [-0.15, -0.1) is 13.2 Å². The second-order valence-corrected chi connectivity index (χ2v) is 6.28. The number of halogens is 3. The van der Waals surface area contributed by atoms with Crippen LogP contribution in [0.5, 0.6) is 5.75 Å². The molecule has 0 spiro atoms. The molecule has 4 rings (SSSR count). The van der Waals surface area contributed by atoms with Crippen LogP contribution in [0.25, 0.3) is 5.57 Å². The average molecular weight is 403 g/mol. The van der Waals surface area contributed by atoms with Crippen LogP contribution >= 0.6 is 0 Å². The first-order chi connectivity index (χ1) is 13.9. The number of fused-ring (bicyclic) bond motifs is 1. The molecule has 1 N–H and O–H groups in total. The highest BCUT2D eigenvalue weighted by Crippen LogP contribution is 2.33. The Labute approximate surface area is 163 Å². The molecular weight excluding hydrogens is 387 g/mol. The second kappa shape index (κ2) is 7.55. The Morgan fingerprint density at radius 2 is 1.86 bits per heavy atom. The molecule has 3 aromatic rings. The van der Waals surface area contributed by atoms with E-state index >= 15 is 0 Å². The molecule has 29 heavy (non-hydrogen) atoms. The van der Waals surface area contributed by atoms with E-state index in [1.165, 1.54) is 12.1 Å². The third-order valence-corrected chi connectivity index (χ3v) is 4.31. The zero-order valence-corrected chi connectivity index (χ0v) is 15.0. The number of hydrogen-bond acceptors (Lipinski definition) is 6. The molecule has 0 saturated carbocycles. The lowest BCUT2D eigenvalue weighted by atomic mass is 10.0. The van der Waals surface area contributed by atoms with Gasteiger partial charge in [0.2, 0.25) is 0 Å². The standard InChI is InChI=1S/C19H16F3N5O2/c20-19(21,22)29-15-3-1-14(2-4-15)26-11-16(13-9-25-27(10-13)7-8-28)18-17(12-26)23-5-6-24-18/h1-6,9-11,28H,7-8,12H2. The number of rotatable bonds is 5. The lowest BCUT2D eigenvalue weighted by Crippen LogP contribution is -2.23. The first kappa shape index (κ1) is 18.9. The summed E-state index contributed by atoms with van der Waals surface area (Å²) in [5.74, 6) is -0.284. The van der Waals surface area contributed by atoms with E-state index in [1.54, 1.807) is 41.6 Å². The smallest absolute Gasteiger partial charge is 0.406 e. The van der Waals surface area contributed by atoms with Gasteiger partial charge in [0.1, 0.15) is 5.75 Å². The van der Waals surface area contributed by atoms with E-state index < -0.39 is 6.36 Å². The van der Waals surface area contributed by atoms with Crippen molar-refractivity contribution in [2.24, 2.45) is 0 Å². The zero-order chi connectivity index (χ0) is 20.4. The van der Waals surface area contributed by atoms with Crippen molar-refractivity contribution in [3.8, 4) is 5.75 Å². The summed E-state index contributed by atoms with van der Waals surface area (Å²) >= 11 is 0. The molecule has 10 heteroatoms. The highest BCUT2D eigenvalue weighted by Gasteiger charge is 2.31. The molecule has 7 nitrogen and oxygen atoms in total. The summed E-state index contributed by atoms with van der Waals surface area (Å²) in [6.45, 7) is 0.747. The molecule has 0 saturated heterocycles. The molecule has 0 amide bonds. The van der Waals surface area contributed by atoms with Gasteiger partial charge >= 0.3 is 6.36 Å². The third-order valence-electron chi connectivity index (χ3n) is 4.31. The van der Waals surface area contributed by atoms with Crippen molar-refractivity contribution in [2.75, 3.05) is 11.5 Å². The summed E-state index contributed by atoms with van der Waals surface area (Å²) in [7, 11) is 0. The molecule has 3 heterocycles.